The number of thiophene rings is 2. The van der Waals surface area contributed by atoms with Gasteiger partial charge in [0, 0.05) is 51.4 Å². The molecule has 1 aromatic carbocycles. The largest absolute Gasteiger partial charge is 0.361 e. The smallest absolute Gasteiger partial charge is 0.125 e. The van der Waals surface area contributed by atoms with E-state index >= 15 is 0 Å². The van der Waals surface area contributed by atoms with Crippen LogP contribution in [-0.4, -0.2) is 29.0 Å². The van der Waals surface area contributed by atoms with Gasteiger partial charge < -0.3 is 15.2 Å². The van der Waals surface area contributed by atoms with E-state index in [0.29, 0.717) is 0 Å². The molecular formula is C22H20N4S2. The summed E-state index contributed by atoms with van der Waals surface area (Å²) in [6.07, 6.45) is 3.85. The Balaban J connectivity index is 1.53. The average Bonchev–Trinajstić information content (AvgIpc) is 3.39. The fourth-order valence-electron chi connectivity index (χ4n) is 3.47. The average molecular weight is 405 g/mol. The van der Waals surface area contributed by atoms with Crippen molar-refractivity contribution in [3.8, 4) is 10.4 Å². The predicted molar refractivity (Wildman–Crippen MR) is 122 cm³/mol. The van der Waals surface area contributed by atoms with Crippen LogP contribution in [0.25, 0.3) is 31.6 Å². The number of nitrogens with one attached hydrogen (secondary N) is 2. The molecule has 0 atom stereocenters. The highest BCUT2D eigenvalue weighted by atomic mass is 32.1. The lowest BCUT2D eigenvalue weighted by Gasteiger charge is -2.09. The summed E-state index contributed by atoms with van der Waals surface area (Å²) < 4.78 is 0. The van der Waals surface area contributed by atoms with E-state index in [1.807, 2.05) is 12.4 Å². The molecule has 0 radical (unpaired) electrons. The Morgan fingerprint density at radius 1 is 1.11 bits per heavy atom. The summed E-state index contributed by atoms with van der Waals surface area (Å²) >= 11 is 3.52. The maximum Gasteiger partial charge on any atom is 0.125 e. The highest BCUT2D eigenvalue weighted by Gasteiger charge is 2.13. The van der Waals surface area contributed by atoms with Gasteiger partial charge in [0.15, 0.2) is 0 Å². The number of nitrogens with zero attached hydrogens (tertiary/aromatic N) is 2. The molecule has 0 aliphatic carbocycles. The fraction of sp³-hybridized carbons (Fsp3) is 0.136. The predicted octanol–water partition coefficient (Wildman–Crippen LogP) is 6.31. The van der Waals surface area contributed by atoms with Crippen LogP contribution in [0.5, 0.6) is 0 Å². The minimum atomic E-state index is 0.947. The van der Waals surface area contributed by atoms with Crippen molar-refractivity contribution in [3.05, 3.63) is 65.1 Å². The minimum absolute atomic E-state index is 0.947. The summed E-state index contributed by atoms with van der Waals surface area (Å²) in [6.45, 7) is 0.947. The minimum Gasteiger partial charge on any atom is -0.361 e. The van der Waals surface area contributed by atoms with Crippen LogP contribution < -0.4 is 5.32 Å². The first kappa shape index (κ1) is 17.4. The summed E-state index contributed by atoms with van der Waals surface area (Å²) in [5, 5.41) is 10.4. The van der Waals surface area contributed by atoms with E-state index < -0.39 is 0 Å². The number of fused-ring (bicyclic) bond motifs is 2. The maximum atomic E-state index is 4.61. The maximum absolute atomic E-state index is 4.61. The highest BCUT2D eigenvalue weighted by molar-refractivity contribution is 7.22. The number of H-pyrrole nitrogens is 1. The van der Waals surface area contributed by atoms with Crippen molar-refractivity contribution >= 4 is 55.2 Å². The number of benzene rings is 1. The van der Waals surface area contributed by atoms with E-state index in [1.165, 1.54) is 26.8 Å². The molecule has 0 spiro atoms. The summed E-state index contributed by atoms with van der Waals surface area (Å²) in [4.78, 5) is 12.4. The second kappa shape index (κ2) is 7.05. The Morgan fingerprint density at radius 2 is 2.04 bits per heavy atom. The lowest BCUT2D eigenvalue weighted by atomic mass is 10.1. The van der Waals surface area contributed by atoms with Crippen LogP contribution in [0.3, 0.4) is 0 Å². The third-order valence-corrected chi connectivity index (χ3v) is 6.63. The van der Waals surface area contributed by atoms with Crippen LogP contribution >= 0.6 is 22.7 Å². The fourth-order valence-corrected chi connectivity index (χ4v) is 5.47. The number of aromatic amines is 1. The van der Waals surface area contributed by atoms with Gasteiger partial charge in [-0.05, 0) is 66.8 Å². The van der Waals surface area contributed by atoms with E-state index in [-0.39, 0.29) is 0 Å². The quantitative estimate of drug-likeness (QED) is 0.361. The molecule has 4 nitrogen and oxygen atoms in total. The number of aromatic nitrogens is 2. The first-order chi connectivity index (χ1) is 13.7. The van der Waals surface area contributed by atoms with Gasteiger partial charge in [-0.3, -0.25) is 0 Å². The molecular weight excluding hydrogens is 384 g/mol. The lowest BCUT2D eigenvalue weighted by Crippen LogP contribution is -2.10. The Hall–Kier alpha value is -2.67. The van der Waals surface area contributed by atoms with Crippen molar-refractivity contribution in [1.29, 1.82) is 0 Å². The van der Waals surface area contributed by atoms with Crippen molar-refractivity contribution in [2.45, 2.75) is 6.54 Å². The van der Waals surface area contributed by atoms with Crippen molar-refractivity contribution in [1.82, 2.24) is 14.9 Å². The summed E-state index contributed by atoms with van der Waals surface area (Å²) in [5.74, 6) is 0. The van der Waals surface area contributed by atoms with Crippen molar-refractivity contribution in [2.24, 2.45) is 0 Å². The molecule has 5 rings (SSSR count). The molecule has 0 unspecified atom stereocenters. The monoisotopic (exact) mass is 404 g/mol. The molecule has 0 saturated carbocycles. The summed E-state index contributed by atoms with van der Waals surface area (Å²) in [5.41, 5.74) is 6.01. The van der Waals surface area contributed by atoms with Gasteiger partial charge in [-0.25, -0.2) is 4.98 Å². The van der Waals surface area contributed by atoms with Gasteiger partial charge in [-0.15, -0.1) is 11.3 Å². The molecule has 2 N–H and O–H groups in total. The third kappa shape index (κ3) is 3.20. The lowest BCUT2D eigenvalue weighted by molar-refractivity contribution is 0.403. The van der Waals surface area contributed by atoms with Gasteiger partial charge in [0.05, 0.1) is 5.69 Å². The zero-order valence-corrected chi connectivity index (χ0v) is 17.3. The summed E-state index contributed by atoms with van der Waals surface area (Å²) in [7, 11) is 4.22. The van der Waals surface area contributed by atoms with Crippen molar-refractivity contribution < 1.29 is 0 Å². The molecule has 0 bridgehead atoms. The van der Waals surface area contributed by atoms with Crippen LogP contribution in [0.1, 0.15) is 5.56 Å². The highest BCUT2D eigenvalue weighted by Crippen LogP contribution is 2.39. The Labute approximate surface area is 171 Å². The zero-order valence-electron chi connectivity index (χ0n) is 15.7. The number of hydrogen-bond donors (Lipinski definition) is 2. The molecule has 28 heavy (non-hydrogen) atoms. The standard InChI is InChI=1S/C22H20N4S2/c1-26(2)11-15-12-27-13-18(15)21-10-17-20(6-8-24-22(17)28-21)25-16-3-4-19-14(9-16)5-7-23-19/h3-10,12-13,23H,11H2,1-2H3,(H,24,25). The topological polar surface area (TPSA) is 44.0 Å². The van der Waals surface area contributed by atoms with Crippen LogP contribution in [0.4, 0.5) is 11.4 Å². The first-order valence-corrected chi connectivity index (χ1v) is 10.9. The molecule has 140 valence electrons. The van der Waals surface area contributed by atoms with Gasteiger partial charge in [-0.2, -0.15) is 11.3 Å². The van der Waals surface area contributed by atoms with Crippen LogP contribution in [0.15, 0.2) is 59.6 Å². The SMILES string of the molecule is CN(C)Cc1cscc1-c1cc2c(Nc3ccc4[nH]ccc4c3)ccnc2s1. The van der Waals surface area contributed by atoms with E-state index in [2.05, 4.69) is 81.4 Å². The number of hydrogen-bond acceptors (Lipinski definition) is 5. The Morgan fingerprint density at radius 3 is 2.93 bits per heavy atom. The van der Waals surface area contributed by atoms with Gasteiger partial charge in [0.2, 0.25) is 0 Å². The molecule has 0 fully saturated rings. The molecule has 4 aromatic heterocycles. The van der Waals surface area contributed by atoms with Crippen molar-refractivity contribution in [2.75, 3.05) is 19.4 Å². The number of anilines is 2. The molecule has 4 heterocycles. The van der Waals surface area contributed by atoms with Gasteiger partial charge in [0.1, 0.15) is 4.83 Å². The molecule has 0 amide bonds. The second-order valence-electron chi connectivity index (χ2n) is 7.14. The zero-order chi connectivity index (χ0) is 19.1. The second-order valence-corrected chi connectivity index (χ2v) is 8.92. The third-order valence-electron chi connectivity index (χ3n) is 4.76. The van der Waals surface area contributed by atoms with E-state index in [0.717, 1.165) is 28.3 Å². The summed E-state index contributed by atoms with van der Waals surface area (Å²) in [6, 6.07) is 12.8. The molecule has 6 heteroatoms. The molecule has 0 saturated heterocycles. The Kier molecular flexibility index (Phi) is 4.39. The van der Waals surface area contributed by atoms with E-state index in [9.17, 15) is 0 Å². The number of pyridine rings is 1. The normalized spacial score (nSPS) is 11.7. The first-order valence-electron chi connectivity index (χ1n) is 9.10. The van der Waals surface area contributed by atoms with Crippen molar-refractivity contribution in [3.63, 3.8) is 0 Å². The van der Waals surface area contributed by atoms with Crippen LogP contribution in [0, 0.1) is 0 Å². The van der Waals surface area contributed by atoms with E-state index in [1.54, 1.807) is 22.7 Å². The van der Waals surface area contributed by atoms with Gasteiger partial charge in [-0.1, -0.05) is 0 Å². The van der Waals surface area contributed by atoms with Gasteiger partial charge in [0.25, 0.3) is 0 Å². The van der Waals surface area contributed by atoms with Crippen LogP contribution in [-0.2, 0) is 6.54 Å². The molecule has 0 aliphatic rings. The Bertz CT molecular complexity index is 1260. The van der Waals surface area contributed by atoms with Gasteiger partial charge >= 0.3 is 0 Å². The molecule has 0 aliphatic heterocycles. The van der Waals surface area contributed by atoms with E-state index in [4.69, 9.17) is 0 Å². The van der Waals surface area contributed by atoms with Crippen LogP contribution in [0.2, 0.25) is 0 Å². The molecule has 5 aromatic rings. The number of rotatable bonds is 5.